The van der Waals surface area contributed by atoms with Crippen molar-refractivity contribution in [1.29, 1.82) is 0 Å². The molecule has 0 aromatic heterocycles. The predicted molar refractivity (Wildman–Crippen MR) is 71.4 cm³/mol. The van der Waals surface area contributed by atoms with Crippen molar-refractivity contribution in [3.8, 4) is 0 Å². The first-order valence-electron chi connectivity index (χ1n) is 7.61. The average molecular weight is 251 g/mol. The van der Waals surface area contributed by atoms with Crippen LogP contribution in [0.15, 0.2) is 0 Å². The molecule has 2 aliphatic heterocycles. The lowest BCUT2D eigenvalue weighted by molar-refractivity contribution is -0.127. The Morgan fingerprint density at radius 3 is 2.50 bits per heavy atom. The molecule has 2 N–H and O–H groups in total. The van der Waals surface area contributed by atoms with Gasteiger partial charge < -0.3 is 10.6 Å². The summed E-state index contributed by atoms with van der Waals surface area (Å²) in [6, 6.07) is 1.27. The maximum atomic E-state index is 12.3. The molecule has 3 fully saturated rings. The van der Waals surface area contributed by atoms with Crippen LogP contribution < -0.4 is 10.6 Å². The Bertz CT molecular complexity index is 297. The summed E-state index contributed by atoms with van der Waals surface area (Å²) >= 11 is 0. The van der Waals surface area contributed by atoms with Crippen LogP contribution in [0.5, 0.6) is 0 Å². The number of carbonyl (C=O) groups excluding carboxylic acids is 1. The predicted octanol–water partition coefficient (Wildman–Crippen LogP) is 0.871. The quantitative estimate of drug-likeness (QED) is 0.782. The lowest BCUT2D eigenvalue weighted by Gasteiger charge is -2.36. The molecule has 2 saturated heterocycles. The Hall–Kier alpha value is -0.610. The van der Waals surface area contributed by atoms with Crippen molar-refractivity contribution in [1.82, 2.24) is 15.5 Å². The Kier molecular flexibility index (Phi) is 3.85. The van der Waals surface area contributed by atoms with Crippen molar-refractivity contribution in [3.63, 3.8) is 0 Å². The van der Waals surface area contributed by atoms with Crippen LogP contribution in [0.25, 0.3) is 0 Å². The van der Waals surface area contributed by atoms with E-state index in [-0.39, 0.29) is 6.04 Å². The number of likely N-dealkylation sites (tertiary alicyclic amines) is 1. The molecule has 4 heteroatoms. The standard InChI is InChI=1S/C14H25N3O/c18-14(16-11-3-1-4-11)13-5-2-10-17(13)12-6-8-15-9-7-12/h11-13,15H,1-10H2,(H,16,18). The van der Waals surface area contributed by atoms with E-state index < -0.39 is 0 Å². The monoisotopic (exact) mass is 251 g/mol. The number of piperidine rings is 1. The van der Waals surface area contributed by atoms with Crippen molar-refractivity contribution >= 4 is 5.91 Å². The molecular weight excluding hydrogens is 226 g/mol. The summed E-state index contributed by atoms with van der Waals surface area (Å²) in [5.41, 5.74) is 0. The minimum Gasteiger partial charge on any atom is -0.352 e. The summed E-state index contributed by atoms with van der Waals surface area (Å²) in [6.45, 7) is 3.34. The molecule has 1 amide bonds. The minimum atomic E-state index is 0.161. The molecule has 3 rings (SSSR count). The molecule has 18 heavy (non-hydrogen) atoms. The molecule has 1 atom stereocenters. The second-order valence-corrected chi connectivity index (χ2v) is 6.01. The van der Waals surface area contributed by atoms with E-state index in [0.717, 1.165) is 26.1 Å². The summed E-state index contributed by atoms with van der Waals surface area (Å²) in [5.74, 6) is 0.302. The molecule has 1 aliphatic carbocycles. The number of nitrogens with zero attached hydrogens (tertiary/aromatic N) is 1. The topological polar surface area (TPSA) is 44.4 Å². The summed E-state index contributed by atoms with van der Waals surface area (Å²) in [6.07, 6.45) is 8.31. The molecule has 102 valence electrons. The molecular formula is C14H25N3O. The van der Waals surface area contributed by atoms with Crippen LogP contribution in [0.2, 0.25) is 0 Å². The molecule has 0 bridgehead atoms. The van der Waals surface area contributed by atoms with E-state index in [2.05, 4.69) is 15.5 Å². The number of hydrogen-bond donors (Lipinski definition) is 2. The minimum absolute atomic E-state index is 0.161. The maximum absolute atomic E-state index is 12.3. The zero-order valence-corrected chi connectivity index (χ0v) is 11.2. The van der Waals surface area contributed by atoms with Crippen molar-refractivity contribution in [2.75, 3.05) is 19.6 Å². The Labute approximate surface area is 109 Å². The third-order valence-corrected chi connectivity index (χ3v) is 4.83. The Balaban J connectivity index is 1.57. The summed E-state index contributed by atoms with van der Waals surface area (Å²) in [5, 5.41) is 6.64. The van der Waals surface area contributed by atoms with Gasteiger partial charge in [-0.3, -0.25) is 9.69 Å². The van der Waals surface area contributed by atoms with Crippen molar-refractivity contribution < 1.29 is 4.79 Å². The fourth-order valence-corrected chi connectivity index (χ4v) is 3.50. The van der Waals surface area contributed by atoms with Gasteiger partial charge in [0.25, 0.3) is 0 Å². The van der Waals surface area contributed by atoms with E-state index in [4.69, 9.17) is 0 Å². The molecule has 1 saturated carbocycles. The number of hydrogen-bond acceptors (Lipinski definition) is 3. The third-order valence-electron chi connectivity index (χ3n) is 4.83. The van der Waals surface area contributed by atoms with Gasteiger partial charge in [0.05, 0.1) is 6.04 Å². The molecule has 0 aromatic carbocycles. The fourth-order valence-electron chi connectivity index (χ4n) is 3.50. The smallest absolute Gasteiger partial charge is 0.237 e. The lowest BCUT2D eigenvalue weighted by atomic mass is 9.92. The Morgan fingerprint density at radius 1 is 1.06 bits per heavy atom. The lowest BCUT2D eigenvalue weighted by Crippen LogP contribution is -2.53. The zero-order chi connectivity index (χ0) is 12.4. The third kappa shape index (κ3) is 2.54. The van der Waals surface area contributed by atoms with Gasteiger partial charge in [-0.05, 0) is 64.6 Å². The van der Waals surface area contributed by atoms with Crippen molar-refractivity contribution in [2.45, 2.75) is 63.1 Å². The molecule has 2 heterocycles. The fraction of sp³-hybridized carbons (Fsp3) is 0.929. The van der Waals surface area contributed by atoms with Gasteiger partial charge in [-0.2, -0.15) is 0 Å². The first-order valence-corrected chi connectivity index (χ1v) is 7.61. The zero-order valence-electron chi connectivity index (χ0n) is 11.2. The number of nitrogens with one attached hydrogen (secondary N) is 2. The van der Waals surface area contributed by atoms with E-state index in [1.54, 1.807) is 0 Å². The van der Waals surface area contributed by atoms with E-state index in [1.807, 2.05) is 0 Å². The van der Waals surface area contributed by atoms with Gasteiger partial charge in [0.1, 0.15) is 0 Å². The number of amides is 1. The molecule has 0 radical (unpaired) electrons. The van der Waals surface area contributed by atoms with Crippen molar-refractivity contribution in [2.24, 2.45) is 0 Å². The van der Waals surface area contributed by atoms with Gasteiger partial charge in [-0.15, -0.1) is 0 Å². The van der Waals surface area contributed by atoms with Crippen LogP contribution in [0.1, 0.15) is 44.9 Å². The highest BCUT2D eigenvalue weighted by Gasteiger charge is 2.36. The summed E-state index contributed by atoms with van der Waals surface area (Å²) in [7, 11) is 0. The Morgan fingerprint density at radius 2 is 1.83 bits per heavy atom. The van der Waals surface area contributed by atoms with E-state index in [1.165, 1.54) is 38.5 Å². The van der Waals surface area contributed by atoms with Crippen LogP contribution in [-0.2, 0) is 4.79 Å². The largest absolute Gasteiger partial charge is 0.352 e. The molecule has 1 unspecified atom stereocenters. The summed E-state index contributed by atoms with van der Waals surface area (Å²) in [4.78, 5) is 14.8. The van der Waals surface area contributed by atoms with Gasteiger partial charge in [-0.1, -0.05) is 0 Å². The van der Waals surface area contributed by atoms with E-state index in [0.29, 0.717) is 18.0 Å². The number of rotatable bonds is 3. The van der Waals surface area contributed by atoms with E-state index >= 15 is 0 Å². The second kappa shape index (κ2) is 5.57. The SMILES string of the molecule is O=C(NC1CCC1)C1CCCN1C1CCNCC1. The second-order valence-electron chi connectivity index (χ2n) is 6.01. The first-order chi connectivity index (χ1) is 8.84. The highest BCUT2D eigenvalue weighted by atomic mass is 16.2. The van der Waals surface area contributed by atoms with Crippen LogP contribution >= 0.6 is 0 Å². The van der Waals surface area contributed by atoms with Gasteiger partial charge in [0, 0.05) is 12.1 Å². The normalized spacial score (nSPS) is 31.2. The highest BCUT2D eigenvalue weighted by Crippen LogP contribution is 2.25. The number of carbonyl (C=O) groups is 1. The average Bonchev–Trinajstić information content (AvgIpc) is 2.84. The molecule has 4 nitrogen and oxygen atoms in total. The first kappa shape index (κ1) is 12.4. The maximum Gasteiger partial charge on any atom is 0.237 e. The molecule has 0 spiro atoms. The highest BCUT2D eigenvalue weighted by molar-refractivity contribution is 5.82. The van der Waals surface area contributed by atoms with Gasteiger partial charge in [-0.25, -0.2) is 0 Å². The van der Waals surface area contributed by atoms with Crippen molar-refractivity contribution in [3.05, 3.63) is 0 Å². The molecule has 0 aromatic rings. The van der Waals surface area contributed by atoms with Crippen LogP contribution in [-0.4, -0.2) is 48.6 Å². The van der Waals surface area contributed by atoms with Gasteiger partial charge in [0.2, 0.25) is 5.91 Å². The molecule has 3 aliphatic rings. The van der Waals surface area contributed by atoms with Crippen LogP contribution in [0.3, 0.4) is 0 Å². The van der Waals surface area contributed by atoms with Gasteiger partial charge in [0.15, 0.2) is 0 Å². The van der Waals surface area contributed by atoms with Crippen LogP contribution in [0.4, 0.5) is 0 Å². The summed E-state index contributed by atoms with van der Waals surface area (Å²) < 4.78 is 0. The van der Waals surface area contributed by atoms with Crippen LogP contribution in [0, 0.1) is 0 Å². The van der Waals surface area contributed by atoms with E-state index in [9.17, 15) is 4.79 Å². The van der Waals surface area contributed by atoms with Gasteiger partial charge >= 0.3 is 0 Å².